The van der Waals surface area contributed by atoms with Crippen molar-refractivity contribution in [2.45, 2.75) is 52.1 Å². The van der Waals surface area contributed by atoms with Crippen LogP contribution in [-0.4, -0.2) is 41.1 Å². The van der Waals surface area contributed by atoms with Crippen LogP contribution in [0.3, 0.4) is 0 Å². The number of rotatable bonds is 4. The topological polar surface area (TPSA) is 57.6 Å². The van der Waals surface area contributed by atoms with Crippen molar-refractivity contribution in [1.29, 1.82) is 0 Å². The second-order valence-corrected chi connectivity index (χ2v) is 7.39. The summed E-state index contributed by atoms with van der Waals surface area (Å²) in [6.07, 6.45) is -0.770. The van der Waals surface area contributed by atoms with Crippen molar-refractivity contribution >= 4 is 11.9 Å². The Morgan fingerprint density at radius 3 is 2.17 bits per heavy atom. The number of halogens is 3. The van der Waals surface area contributed by atoms with E-state index in [9.17, 15) is 22.8 Å². The third-order valence-electron chi connectivity index (χ3n) is 5.16. The van der Waals surface area contributed by atoms with E-state index in [4.69, 9.17) is 5.11 Å². The van der Waals surface area contributed by atoms with Crippen molar-refractivity contribution < 1.29 is 27.9 Å². The molecule has 0 spiro atoms. The maximum absolute atomic E-state index is 13.1. The molecule has 2 aliphatic rings. The van der Waals surface area contributed by atoms with Gasteiger partial charge >= 0.3 is 12.1 Å². The molecule has 132 valence electrons. The van der Waals surface area contributed by atoms with E-state index in [2.05, 4.69) is 0 Å². The molecule has 23 heavy (non-hydrogen) atoms. The molecule has 7 heteroatoms. The van der Waals surface area contributed by atoms with E-state index < -0.39 is 35.9 Å². The van der Waals surface area contributed by atoms with Crippen molar-refractivity contribution in [1.82, 2.24) is 4.90 Å². The zero-order valence-corrected chi connectivity index (χ0v) is 13.5. The van der Waals surface area contributed by atoms with Gasteiger partial charge in [-0.2, -0.15) is 13.2 Å². The number of likely N-dealkylation sites (tertiary alicyclic amines) is 1. The van der Waals surface area contributed by atoms with E-state index in [0.717, 1.165) is 17.7 Å². The highest BCUT2D eigenvalue weighted by atomic mass is 19.4. The molecule has 1 saturated heterocycles. The number of carboxylic acid groups (broad SMARTS) is 1. The number of carbonyl (C=O) groups is 2. The molecule has 4 nitrogen and oxygen atoms in total. The zero-order chi connectivity index (χ0) is 17.4. The third kappa shape index (κ3) is 3.63. The average Bonchev–Trinajstić information content (AvgIpc) is 3.03. The summed E-state index contributed by atoms with van der Waals surface area (Å²) in [5, 5.41) is 9.08. The number of aliphatic carboxylic acids is 1. The van der Waals surface area contributed by atoms with Gasteiger partial charge in [0.05, 0.1) is 11.8 Å². The number of hydrogen-bond acceptors (Lipinski definition) is 2. The van der Waals surface area contributed by atoms with Crippen LogP contribution in [-0.2, 0) is 9.59 Å². The SMILES string of the molecule is CC(C)CC1(C(=O)N2C[C@@H](C(F)(F)F)[C@H](C(=O)O)C2)CCCC1. The standard InChI is InChI=1S/C16H24F3NO3/c1-10(2)7-15(5-3-4-6-15)14(23)20-8-11(13(21)22)12(9-20)16(17,18)19/h10-12H,3-9H2,1-2H3,(H,21,22)/t11-,12-/m1/s1. The quantitative estimate of drug-likeness (QED) is 0.857. The van der Waals surface area contributed by atoms with Crippen LogP contribution >= 0.6 is 0 Å². The van der Waals surface area contributed by atoms with E-state index >= 15 is 0 Å². The van der Waals surface area contributed by atoms with Gasteiger partial charge in [0.15, 0.2) is 0 Å². The number of carboxylic acids is 1. The molecular formula is C16H24F3NO3. The summed E-state index contributed by atoms with van der Waals surface area (Å²) < 4.78 is 39.3. The lowest BCUT2D eigenvalue weighted by molar-refractivity contribution is -0.188. The molecule has 1 aliphatic heterocycles. The molecular weight excluding hydrogens is 311 g/mol. The number of amides is 1. The molecule has 1 aliphatic carbocycles. The lowest BCUT2D eigenvalue weighted by atomic mass is 9.77. The number of nitrogens with zero attached hydrogens (tertiary/aromatic N) is 1. The van der Waals surface area contributed by atoms with Crippen molar-refractivity contribution in [3.05, 3.63) is 0 Å². The Hall–Kier alpha value is -1.27. The van der Waals surface area contributed by atoms with Crippen LogP contribution in [0.5, 0.6) is 0 Å². The van der Waals surface area contributed by atoms with E-state index in [1.807, 2.05) is 13.8 Å². The monoisotopic (exact) mass is 335 g/mol. The molecule has 1 amide bonds. The Morgan fingerprint density at radius 1 is 1.22 bits per heavy atom. The Balaban J connectivity index is 2.21. The third-order valence-corrected chi connectivity index (χ3v) is 5.16. The molecule has 1 saturated carbocycles. The molecule has 1 N–H and O–H groups in total. The molecule has 0 radical (unpaired) electrons. The summed E-state index contributed by atoms with van der Waals surface area (Å²) in [6.45, 7) is 3.13. The Bertz CT molecular complexity index is 470. The van der Waals surface area contributed by atoms with Gasteiger partial charge in [-0.3, -0.25) is 9.59 Å². The molecule has 0 unspecified atom stereocenters. The van der Waals surface area contributed by atoms with E-state index in [1.54, 1.807) is 0 Å². The number of alkyl halides is 3. The van der Waals surface area contributed by atoms with Crippen molar-refractivity contribution in [3.63, 3.8) is 0 Å². The maximum atomic E-state index is 13.1. The predicted octanol–water partition coefficient (Wildman–Crippen LogP) is 3.31. The van der Waals surface area contributed by atoms with Gasteiger partial charge in [0.2, 0.25) is 5.91 Å². The first-order valence-electron chi connectivity index (χ1n) is 8.16. The highest BCUT2D eigenvalue weighted by Gasteiger charge is 2.55. The number of hydrogen-bond donors (Lipinski definition) is 1. The predicted molar refractivity (Wildman–Crippen MR) is 77.6 cm³/mol. The Kier molecular flexibility index (Phi) is 4.97. The normalized spacial score (nSPS) is 27.7. The first kappa shape index (κ1) is 18.1. The largest absolute Gasteiger partial charge is 0.481 e. The molecule has 0 aromatic carbocycles. The Morgan fingerprint density at radius 2 is 1.78 bits per heavy atom. The van der Waals surface area contributed by atoms with E-state index in [-0.39, 0.29) is 18.4 Å². The van der Waals surface area contributed by atoms with Gasteiger partial charge in [-0.25, -0.2) is 0 Å². The van der Waals surface area contributed by atoms with Gasteiger partial charge < -0.3 is 10.0 Å². The first-order valence-corrected chi connectivity index (χ1v) is 8.16. The summed E-state index contributed by atoms with van der Waals surface area (Å²) in [5.74, 6) is -5.01. The fraction of sp³-hybridized carbons (Fsp3) is 0.875. The second kappa shape index (κ2) is 6.32. The van der Waals surface area contributed by atoms with Crippen LogP contribution in [0.25, 0.3) is 0 Å². The Labute approximate surface area is 134 Å². The van der Waals surface area contributed by atoms with Crippen LogP contribution < -0.4 is 0 Å². The van der Waals surface area contributed by atoms with Crippen molar-refractivity contribution in [3.8, 4) is 0 Å². The summed E-state index contributed by atoms with van der Waals surface area (Å²) in [4.78, 5) is 25.2. The summed E-state index contributed by atoms with van der Waals surface area (Å²) >= 11 is 0. The highest BCUT2D eigenvalue weighted by molar-refractivity contribution is 5.84. The molecule has 2 atom stereocenters. The van der Waals surface area contributed by atoms with Gasteiger partial charge in [0.1, 0.15) is 0 Å². The number of carbonyl (C=O) groups excluding carboxylic acids is 1. The molecule has 2 fully saturated rings. The first-order chi connectivity index (χ1) is 10.6. The van der Waals surface area contributed by atoms with Gasteiger partial charge in [-0.05, 0) is 25.2 Å². The lowest BCUT2D eigenvalue weighted by Gasteiger charge is -2.34. The van der Waals surface area contributed by atoms with Crippen molar-refractivity contribution in [2.75, 3.05) is 13.1 Å². The highest BCUT2D eigenvalue weighted by Crippen LogP contribution is 2.47. The molecule has 2 rings (SSSR count). The zero-order valence-electron chi connectivity index (χ0n) is 13.5. The minimum absolute atomic E-state index is 0.272. The minimum Gasteiger partial charge on any atom is -0.481 e. The van der Waals surface area contributed by atoms with E-state index in [1.165, 1.54) is 0 Å². The van der Waals surface area contributed by atoms with Crippen LogP contribution in [0.4, 0.5) is 13.2 Å². The van der Waals surface area contributed by atoms with Gasteiger partial charge in [-0.1, -0.05) is 26.7 Å². The average molecular weight is 335 g/mol. The van der Waals surface area contributed by atoms with Gasteiger partial charge in [0.25, 0.3) is 0 Å². The van der Waals surface area contributed by atoms with Crippen LogP contribution in [0, 0.1) is 23.2 Å². The van der Waals surface area contributed by atoms with Crippen molar-refractivity contribution in [2.24, 2.45) is 23.2 Å². The molecule has 0 bridgehead atoms. The van der Waals surface area contributed by atoms with Gasteiger partial charge in [-0.15, -0.1) is 0 Å². The minimum atomic E-state index is -4.60. The van der Waals surface area contributed by atoms with Crippen LogP contribution in [0.2, 0.25) is 0 Å². The fourth-order valence-corrected chi connectivity index (χ4v) is 4.23. The smallest absolute Gasteiger partial charge is 0.394 e. The van der Waals surface area contributed by atoms with E-state index in [0.29, 0.717) is 19.3 Å². The fourth-order valence-electron chi connectivity index (χ4n) is 4.23. The van der Waals surface area contributed by atoms with Crippen LogP contribution in [0.1, 0.15) is 46.0 Å². The summed E-state index contributed by atoms with van der Waals surface area (Å²) in [5.41, 5.74) is -0.599. The molecule has 0 aromatic heterocycles. The maximum Gasteiger partial charge on any atom is 0.394 e. The summed E-state index contributed by atoms with van der Waals surface area (Å²) in [6, 6.07) is 0. The van der Waals surface area contributed by atoms with Gasteiger partial charge in [0, 0.05) is 18.5 Å². The lowest BCUT2D eigenvalue weighted by Crippen LogP contribution is -2.43. The molecule has 1 heterocycles. The second-order valence-electron chi connectivity index (χ2n) is 7.39. The van der Waals surface area contributed by atoms with Crippen LogP contribution in [0.15, 0.2) is 0 Å². The molecule has 0 aromatic rings. The summed E-state index contributed by atoms with van der Waals surface area (Å²) in [7, 11) is 0.